The summed E-state index contributed by atoms with van der Waals surface area (Å²) in [4.78, 5) is 0. The Bertz CT molecular complexity index is 332. The number of aliphatic hydroxyl groups excluding tert-OH is 1. The van der Waals surface area contributed by atoms with E-state index in [2.05, 4.69) is 4.72 Å². The van der Waals surface area contributed by atoms with Crippen molar-refractivity contribution in [3.63, 3.8) is 0 Å². The maximum absolute atomic E-state index is 11.9. The van der Waals surface area contributed by atoms with Crippen LogP contribution in [0.4, 0.5) is 0 Å². The zero-order valence-corrected chi connectivity index (χ0v) is 12.2. The lowest BCUT2D eigenvalue weighted by Gasteiger charge is -2.26. The highest BCUT2D eigenvalue weighted by molar-refractivity contribution is 7.87. The third-order valence-corrected chi connectivity index (χ3v) is 5.08. The predicted molar refractivity (Wildman–Crippen MR) is 72.4 cm³/mol. The lowest BCUT2D eigenvalue weighted by atomic mass is 9.87. The van der Waals surface area contributed by atoms with Crippen molar-refractivity contribution in [3.05, 3.63) is 0 Å². The van der Waals surface area contributed by atoms with Crippen LogP contribution in [0.1, 0.15) is 45.4 Å². The molecule has 0 heterocycles. The summed E-state index contributed by atoms with van der Waals surface area (Å²) >= 11 is 0. The fourth-order valence-corrected chi connectivity index (χ4v) is 3.32. The van der Waals surface area contributed by atoms with Crippen LogP contribution in [0.25, 0.3) is 0 Å². The van der Waals surface area contributed by atoms with Crippen LogP contribution >= 0.6 is 0 Å². The predicted octanol–water partition coefficient (Wildman–Crippen LogP) is 1.10. The van der Waals surface area contributed by atoms with E-state index in [1.54, 1.807) is 7.05 Å². The summed E-state index contributed by atoms with van der Waals surface area (Å²) in [5, 5.41) is 9.55. The molecule has 6 heteroatoms. The molecule has 0 aromatic rings. The standard InChI is InChI=1S/C12H26N2O3S/c1-3-4-8-14(2)18(16,17)13-10-11-6-5-7-12(15)9-11/h11-13,15H,3-10H2,1-2H3/t11-,12+/m1/s1. The number of hydrogen-bond donors (Lipinski definition) is 2. The number of unbranched alkanes of at least 4 members (excludes halogenated alkanes) is 1. The molecule has 0 radical (unpaired) electrons. The van der Waals surface area contributed by atoms with Gasteiger partial charge in [-0.2, -0.15) is 12.7 Å². The smallest absolute Gasteiger partial charge is 0.279 e. The van der Waals surface area contributed by atoms with Crippen molar-refractivity contribution in [2.45, 2.75) is 51.6 Å². The normalized spacial score (nSPS) is 25.6. The van der Waals surface area contributed by atoms with Crippen LogP contribution in [-0.2, 0) is 10.2 Å². The number of nitrogens with zero attached hydrogens (tertiary/aromatic N) is 1. The molecule has 18 heavy (non-hydrogen) atoms. The third kappa shape index (κ3) is 5.22. The quantitative estimate of drug-likeness (QED) is 0.733. The lowest BCUT2D eigenvalue weighted by Crippen LogP contribution is -2.41. The van der Waals surface area contributed by atoms with E-state index in [1.807, 2.05) is 6.92 Å². The van der Waals surface area contributed by atoms with Gasteiger partial charge in [0.15, 0.2) is 0 Å². The summed E-state index contributed by atoms with van der Waals surface area (Å²) in [6, 6.07) is 0. The largest absolute Gasteiger partial charge is 0.393 e. The van der Waals surface area contributed by atoms with Gasteiger partial charge in [0.05, 0.1) is 6.10 Å². The molecule has 0 amide bonds. The number of aliphatic hydroxyl groups is 1. The van der Waals surface area contributed by atoms with Gasteiger partial charge in [0.1, 0.15) is 0 Å². The highest BCUT2D eigenvalue weighted by Gasteiger charge is 2.23. The van der Waals surface area contributed by atoms with Gasteiger partial charge < -0.3 is 5.11 Å². The van der Waals surface area contributed by atoms with Crippen molar-refractivity contribution in [1.29, 1.82) is 0 Å². The van der Waals surface area contributed by atoms with Gasteiger partial charge in [-0.1, -0.05) is 19.8 Å². The first-order chi connectivity index (χ1) is 8.45. The van der Waals surface area contributed by atoms with Gasteiger partial charge in [0.2, 0.25) is 0 Å². The van der Waals surface area contributed by atoms with Gasteiger partial charge in [-0.3, -0.25) is 0 Å². The van der Waals surface area contributed by atoms with Crippen LogP contribution < -0.4 is 4.72 Å². The van der Waals surface area contributed by atoms with Crippen molar-refractivity contribution in [2.24, 2.45) is 5.92 Å². The van der Waals surface area contributed by atoms with Gasteiger partial charge in [-0.05, 0) is 31.6 Å². The van der Waals surface area contributed by atoms with Crippen LogP contribution in [0.5, 0.6) is 0 Å². The zero-order chi connectivity index (χ0) is 13.6. The van der Waals surface area contributed by atoms with Gasteiger partial charge in [0.25, 0.3) is 10.2 Å². The summed E-state index contributed by atoms with van der Waals surface area (Å²) in [5.74, 6) is 0.267. The minimum atomic E-state index is -3.35. The molecule has 0 aromatic carbocycles. The number of rotatable bonds is 7. The minimum Gasteiger partial charge on any atom is -0.393 e. The zero-order valence-electron chi connectivity index (χ0n) is 11.4. The van der Waals surface area contributed by atoms with E-state index in [9.17, 15) is 13.5 Å². The minimum absolute atomic E-state index is 0.258. The van der Waals surface area contributed by atoms with E-state index in [1.165, 1.54) is 4.31 Å². The third-order valence-electron chi connectivity index (χ3n) is 3.55. The average molecular weight is 278 g/mol. The van der Waals surface area contributed by atoms with Crippen molar-refractivity contribution in [2.75, 3.05) is 20.1 Å². The first-order valence-electron chi connectivity index (χ1n) is 6.84. The molecule has 5 nitrogen and oxygen atoms in total. The molecule has 0 spiro atoms. The molecule has 0 aromatic heterocycles. The van der Waals surface area contributed by atoms with Gasteiger partial charge >= 0.3 is 0 Å². The van der Waals surface area contributed by atoms with E-state index in [0.717, 1.165) is 32.1 Å². The second kappa shape index (κ2) is 7.43. The molecular formula is C12H26N2O3S. The lowest BCUT2D eigenvalue weighted by molar-refractivity contribution is 0.102. The van der Waals surface area contributed by atoms with E-state index in [0.29, 0.717) is 19.5 Å². The Balaban J connectivity index is 2.36. The van der Waals surface area contributed by atoms with Crippen LogP contribution in [0.3, 0.4) is 0 Å². The Morgan fingerprint density at radius 3 is 2.72 bits per heavy atom. The van der Waals surface area contributed by atoms with E-state index in [-0.39, 0.29) is 12.0 Å². The van der Waals surface area contributed by atoms with Crippen LogP contribution in [0.2, 0.25) is 0 Å². The highest BCUT2D eigenvalue weighted by Crippen LogP contribution is 2.23. The van der Waals surface area contributed by atoms with E-state index >= 15 is 0 Å². The number of nitrogens with one attached hydrogen (secondary N) is 1. The van der Waals surface area contributed by atoms with Crippen molar-refractivity contribution in [3.8, 4) is 0 Å². The second-order valence-corrected chi connectivity index (χ2v) is 7.08. The second-order valence-electron chi connectivity index (χ2n) is 5.22. The molecule has 1 saturated carbocycles. The first-order valence-corrected chi connectivity index (χ1v) is 8.28. The van der Waals surface area contributed by atoms with Gasteiger partial charge in [0, 0.05) is 20.1 Å². The molecule has 1 aliphatic carbocycles. The van der Waals surface area contributed by atoms with Crippen LogP contribution in [-0.4, -0.2) is 44.1 Å². The van der Waals surface area contributed by atoms with Crippen LogP contribution in [0.15, 0.2) is 0 Å². The van der Waals surface area contributed by atoms with Gasteiger partial charge in [-0.25, -0.2) is 4.72 Å². The molecule has 0 bridgehead atoms. The molecule has 1 rings (SSSR count). The van der Waals surface area contributed by atoms with E-state index in [4.69, 9.17) is 0 Å². The monoisotopic (exact) mass is 278 g/mol. The van der Waals surface area contributed by atoms with Gasteiger partial charge in [-0.15, -0.1) is 0 Å². The molecule has 2 atom stereocenters. The Labute approximate surface area is 111 Å². The summed E-state index contributed by atoms with van der Waals surface area (Å²) in [6.07, 6.45) is 5.14. The van der Waals surface area contributed by atoms with Crippen molar-refractivity contribution < 1.29 is 13.5 Å². The Morgan fingerprint density at radius 2 is 2.11 bits per heavy atom. The summed E-state index contributed by atoms with van der Waals surface area (Å²) in [5.41, 5.74) is 0. The fraction of sp³-hybridized carbons (Fsp3) is 1.00. The SMILES string of the molecule is CCCCN(C)S(=O)(=O)NC[C@@H]1CCC[C@H](O)C1. The van der Waals surface area contributed by atoms with Crippen molar-refractivity contribution in [1.82, 2.24) is 9.03 Å². The topological polar surface area (TPSA) is 69.6 Å². The maximum Gasteiger partial charge on any atom is 0.279 e. The summed E-state index contributed by atoms with van der Waals surface area (Å²) in [7, 11) is -1.74. The van der Waals surface area contributed by atoms with Crippen molar-refractivity contribution >= 4 is 10.2 Å². The molecule has 1 fully saturated rings. The molecule has 0 saturated heterocycles. The molecule has 1 aliphatic rings. The van der Waals surface area contributed by atoms with Crippen LogP contribution in [0, 0.1) is 5.92 Å². The molecule has 0 unspecified atom stereocenters. The Morgan fingerprint density at radius 1 is 1.39 bits per heavy atom. The average Bonchev–Trinajstić information content (AvgIpc) is 2.33. The molecule has 0 aliphatic heterocycles. The first kappa shape index (κ1) is 15.9. The highest BCUT2D eigenvalue weighted by atomic mass is 32.2. The molecule has 108 valence electrons. The molecule has 2 N–H and O–H groups in total. The molecular weight excluding hydrogens is 252 g/mol. The number of hydrogen-bond acceptors (Lipinski definition) is 3. The fourth-order valence-electron chi connectivity index (χ4n) is 2.28. The summed E-state index contributed by atoms with van der Waals surface area (Å²) < 4.78 is 27.8. The maximum atomic E-state index is 11.9. The Kier molecular flexibility index (Phi) is 6.55. The summed E-state index contributed by atoms with van der Waals surface area (Å²) in [6.45, 7) is 3.03. The van der Waals surface area contributed by atoms with E-state index < -0.39 is 10.2 Å². The Hall–Kier alpha value is -0.170.